The van der Waals surface area contributed by atoms with Crippen LogP contribution in [-0.4, -0.2) is 83.4 Å². The first-order valence-corrected chi connectivity index (χ1v) is 11.4. The Morgan fingerprint density at radius 1 is 1.33 bits per heavy atom. The molecule has 10 nitrogen and oxygen atoms in total. The van der Waals surface area contributed by atoms with Gasteiger partial charge in [0.05, 0.1) is 41.7 Å². The van der Waals surface area contributed by atoms with Crippen molar-refractivity contribution in [1.29, 1.82) is 0 Å². The molecule has 0 saturated heterocycles. The Morgan fingerprint density at radius 3 is 2.94 bits per heavy atom. The second-order valence-electron chi connectivity index (χ2n) is 7.52. The topological polar surface area (TPSA) is 138 Å². The summed E-state index contributed by atoms with van der Waals surface area (Å²) in [4.78, 5) is 8.43. The van der Waals surface area contributed by atoms with Crippen molar-refractivity contribution in [2.45, 2.75) is 67.5 Å². The molecule has 0 spiro atoms. The second-order valence-corrected chi connectivity index (χ2v) is 8.58. The molecular weight excluding hydrogens is 494 g/mol. The summed E-state index contributed by atoms with van der Waals surface area (Å²) >= 11 is 0.967. The number of benzene rings is 1. The van der Waals surface area contributed by atoms with Crippen molar-refractivity contribution in [3.8, 4) is 0 Å². The van der Waals surface area contributed by atoms with Gasteiger partial charge in [-0.15, -0.1) is 5.10 Å². The molecule has 2 fully saturated rings. The van der Waals surface area contributed by atoms with Crippen LogP contribution in [0, 0.1) is 11.6 Å². The predicted molar refractivity (Wildman–Crippen MR) is 128 cm³/mol. The number of ether oxygens (including phenoxy) is 1. The first-order chi connectivity index (χ1) is 22.6. The van der Waals surface area contributed by atoms with Gasteiger partial charge in [0.25, 0.3) is 0 Å². The van der Waals surface area contributed by atoms with E-state index < -0.39 is 102 Å². The summed E-state index contributed by atoms with van der Waals surface area (Å²) in [6.45, 7) is -6.30. The van der Waals surface area contributed by atoms with E-state index in [0.717, 1.165) is 11.8 Å². The van der Waals surface area contributed by atoms with Gasteiger partial charge in [0.15, 0.2) is 33.8 Å². The molecule has 4 N–H and O–H groups in total. The van der Waals surface area contributed by atoms with Crippen LogP contribution in [0.2, 0.25) is 0 Å². The highest BCUT2D eigenvalue weighted by molar-refractivity contribution is 7.99. The van der Waals surface area contributed by atoms with Gasteiger partial charge in [-0.25, -0.2) is 23.4 Å². The van der Waals surface area contributed by atoms with E-state index in [-0.39, 0.29) is 22.1 Å². The number of aliphatic hydroxyl groups is 3. The Bertz CT molecular complexity index is 1860. The van der Waals surface area contributed by atoms with Crippen molar-refractivity contribution < 1.29 is 48.0 Å². The third-order valence-electron chi connectivity index (χ3n) is 5.08. The van der Waals surface area contributed by atoms with Crippen molar-refractivity contribution in [3.05, 3.63) is 35.3 Å². The monoisotopic (exact) mass is 536 g/mol. The summed E-state index contributed by atoms with van der Waals surface area (Å²) < 4.78 is 147. The average molecular weight is 537 g/mol. The van der Waals surface area contributed by atoms with Crippen LogP contribution < -0.4 is 5.32 Å². The van der Waals surface area contributed by atoms with Crippen molar-refractivity contribution in [1.82, 2.24) is 25.0 Å². The second kappa shape index (κ2) is 10.5. The molecule has 3 aromatic rings. The first kappa shape index (κ1) is 13.4. The van der Waals surface area contributed by atoms with Crippen LogP contribution in [-0.2, 0) is 4.74 Å². The Morgan fingerprint density at radius 2 is 2.17 bits per heavy atom. The number of nitrogens with zero attached hydrogens (tertiary/aromatic N) is 5. The molecule has 0 amide bonds. The summed E-state index contributed by atoms with van der Waals surface area (Å²) in [5.41, 5.74) is -1.68. The molecule has 1 aromatic carbocycles. The van der Waals surface area contributed by atoms with Crippen molar-refractivity contribution in [2.75, 3.05) is 24.2 Å². The van der Waals surface area contributed by atoms with Gasteiger partial charge in [-0.1, -0.05) is 29.9 Å². The summed E-state index contributed by atoms with van der Waals surface area (Å²) in [6.07, 6.45) is -16.7. The molecule has 2 aliphatic rings. The van der Waals surface area contributed by atoms with Gasteiger partial charge in [0.2, 0.25) is 0 Å². The van der Waals surface area contributed by atoms with E-state index in [9.17, 15) is 24.1 Å². The number of rotatable bonds is 10. The fraction of sp³-hybridized carbons (Fsp3) is 0.565. The molecule has 0 bridgehead atoms. The van der Waals surface area contributed by atoms with Gasteiger partial charge >= 0.3 is 0 Å². The lowest BCUT2D eigenvalue weighted by atomic mass is 10.1. The standard InChI is InChI=1S/C23H28F2N6O4S/c1-2-7-36-23-27-21(26-15-9-12(15)11-3-4-13(24)14(25)8-11)18-22(28-23)31(30-29-18)16-10-17(35-6-5-32)20(34)19(16)33/h3-4,8,12,15-17,19-20,32-34H,2,5-7,9-10H2,1H3,(H,26,27,28)/t12?,15-,16+,17-,19-,20+/m0/s1/i3D,4D,5D2,6D2,8D,10D2,15D,16D,17D,19D,20D. The Kier molecular flexibility index (Phi) is 3.90. The number of aromatic nitrogens is 5. The lowest BCUT2D eigenvalue weighted by molar-refractivity contribution is -0.0629. The molecule has 0 aliphatic heterocycles. The molecule has 0 radical (unpaired) electrons. The van der Waals surface area contributed by atoms with Gasteiger partial charge in [0, 0.05) is 26.8 Å². The minimum Gasteiger partial charge on any atom is -0.394 e. The van der Waals surface area contributed by atoms with E-state index in [1.165, 1.54) is 0 Å². The highest BCUT2D eigenvalue weighted by Crippen LogP contribution is 2.44. The van der Waals surface area contributed by atoms with Crippen LogP contribution >= 0.6 is 11.8 Å². The van der Waals surface area contributed by atoms with Gasteiger partial charge < -0.3 is 25.4 Å². The molecule has 36 heavy (non-hydrogen) atoms. The predicted octanol–water partition coefficient (Wildman–Crippen LogP) is 2.01. The number of halogens is 2. The zero-order valence-corrected chi connectivity index (χ0v) is 19.2. The molecular formula is C23H28F2N6O4S. The van der Waals surface area contributed by atoms with E-state index in [2.05, 4.69) is 30.3 Å². The largest absolute Gasteiger partial charge is 0.394 e. The van der Waals surface area contributed by atoms with Crippen LogP contribution in [0.3, 0.4) is 0 Å². The van der Waals surface area contributed by atoms with Gasteiger partial charge in [0.1, 0.15) is 12.2 Å². The fourth-order valence-corrected chi connectivity index (χ4v) is 4.01. The normalized spacial score (nSPS) is 45.7. The highest BCUT2D eigenvalue weighted by Gasteiger charge is 2.45. The molecule has 2 aliphatic carbocycles. The van der Waals surface area contributed by atoms with Crippen LogP contribution in [0.1, 0.15) is 62.8 Å². The van der Waals surface area contributed by atoms with E-state index in [4.69, 9.17) is 19.2 Å². The van der Waals surface area contributed by atoms with E-state index >= 15 is 0 Å². The summed E-state index contributed by atoms with van der Waals surface area (Å²) in [7, 11) is 0. The highest BCUT2D eigenvalue weighted by atomic mass is 32.2. The molecule has 5 rings (SSSR count). The maximum Gasteiger partial charge on any atom is 0.191 e. The molecule has 13 heteroatoms. The zero-order chi connectivity index (χ0) is 38.0. The number of thioether (sulfide) groups is 1. The van der Waals surface area contributed by atoms with Gasteiger partial charge in [-0.05, 0) is 30.5 Å². The number of fused-ring (bicyclic) bond motifs is 1. The van der Waals surface area contributed by atoms with Crippen LogP contribution in [0.15, 0.2) is 23.3 Å². The number of hydrogen-bond acceptors (Lipinski definition) is 10. The molecule has 2 heterocycles. The van der Waals surface area contributed by atoms with Crippen molar-refractivity contribution >= 4 is 28.7 Å². The van der Waals surface area contributed by atoms with Gasteiger partial charge in [-0.3, -0.25) is 0 Å². The molecule has 2 aromatic heterocycles. The number of anilines is 1. The van der Waals surface area contributed by atoms with E-state index in [1.807, 2.05) is 0 Å². The summed E-state index contributed by atoms with van der Waals surface area (Å²) in [5.74, 6) is -4.63. The van der Waals surface area contributed by atoms with Gasteiger partial charge in [-0.2, -0.15) is 0 Å². The Balaban J connectivity index is 1.67. The maximum atomic E-state index is 14.4. The number of hydrogen-bond donors (Lipinski definition) is 4. The van der Waals surface area contributed by atoms with Crippen LogP contribution in [0.5, 0.6) is 0 Å². The fourth-order valence-electron chi connectivity index (χ4n) is 3.32. The quantitative estimate of drug-likeness (QED) is 0.225. The average Bonchev–Trinajstić information content (AvgIpc) is 3.42. The molecule has 2 saturated carbocycles. The van der Waals surface area contributed by atoms with E-state index in [0.29, 0.717) is 12.2 Å². The minimum absolute atomic E-state index is 0.0903. The SMILES string of the molecule is [2H]c1c([2H])c(C2C[C@]2([2H])Nc2nc(SCCC)nc3c2nnn3[C@]2([2H])C([2H])([2H])[C@]([2H])(OC([2H])([2H])C([2H])([2H])O)[C@@]([2H])(O)[C@@]2([2H])O)c([2H])c(F)c1F. The maximum absolute atomic E-state index is 14.4. The molecule has 1 unspecified atom stereocenters. The molecule has 6 atom stereocenters. The lowest BCUT2D eigenvalue weighted by Gasteiger charge is -2.17. The lowest BCUT2D eigenvalue weighted by Crippen LogP contribution is -2.33. The van der Waals surface area contributed by atoms with Crippen molar-refractivity contribution in [3.63, 3.8) is 0 Å². The third kappa shape index (κ3) is 4.90. The summed E-state index contributed by atoms with van der Waals surface area (Å²) in [5, 5.41) is 41.7. The summed E-state index contributed by atoms with van der Waals surface area (Å²) in [6, 6.07) is -8.84. The third-order valence-corrected chi connectivity index (χ3v) is 6.13. The van der Waals surface area contributed by atoms with E-state index in [1.54, 1.807) is 6.92 Å². The molecule has 194 valence electrons. The minimum atomic E-state index is -4.34. The Labute approximate surface area is 229 Å². The van der Waals surface area contributed by atoms with Crippen molar-refractivity contribution in [2.24, 2.45) is 0 Å². The van der Waals surface area contributed by atoms with Crippen LogP contribution in [0.4, 0.5) is 14.6 Å². The van der Waals surface area contributed by atoms with Crippen LogP contribution in [0.25, 0.3) is 11.2 Å². The Hall–Kier alpha value is -2.45. The first-order valence-electron chi connectivity index (χ1n) is 17.5. The smallest absolute Gasteiger partial charge is 0.191 e. The number of nitrogens with one attached hydrogen (secondary N) is 1. The zero-order valence-electron chi connectivity index (χ0n) is 32.3.